The first kappa shape index (κ1) is 12.9. The number of hydrogen-bond donors (Lipinski definition) is 2. The van der Waals surface area contributed by atoms with Crippen molar-refractivity contribution in [2.75, 3.05) is 6.54 Å². The number of amides is 1. The molecule has 0 unspecified atom stereocenters. The predicted molar refractivity (Wildman–Crippen MR) is 61.0 cm³/mol. The van der Waals surface area contributed by atoms with Crippen molar-refractivity contribution < 1.29 is 19.5 Å². The summed E-state index contributed by atoms with van der Waals surface area (Å²) in [5.74, 6) is -1.37. The first-order valence-electron chi connectivity index (χ1n) is 5.11. The number of rotatable bonds is 5. The quantitative estimate of drug-likeness (QED) is 0.748. The van der Waals surface area contributed by atoms with Crippen LogP contribution in [-0.4, -0.2) is 29.3 Å². The number of aliphatic carboxylic acids is 1. The van der Waals surface area contributed by atoms with Gasteiger partial charge in [-0.15, -0.1) is 0 Å². The maximum Gasteiger partial charge on any atom is 0.305 e. The van der Waals surface area contributed by atoms with E-state index in [0.29, 0.717) is 11.1 Å². The van der Waals surface area contributed by atoms with Crippen LogP contribution in [0.5, 0.6) is 0 Å². The smallest absolute Gasteiger partial charge is 0.305 e. The molecule has 2 N–H and O–H groups in total. The second kappa shape index (κ2) is 5.79. The van der Waals surface area contributed by atoms with E-state index in [0.717, 1.165) is 0 Å². The summed E-state index contributed by atoms with van der Waals surface area (Å²) in [6, 6.07) is 6.20. The Morgan fingerprint density at radius 1 is 1.12 bits per heavy atom. The van der Waals surface area contributed by atoms with Crippen LogP contribution < -0.4 is 5.32 Å². The third-order valence-corrected chi connectivity index (χ3v) is 2.18. The van der Waals surface area contributed by atoms with Crippen LogP contribution in [0, 0.1) is 0 Å². The lowest BCUT2D eigenvalue weighted by atomic mass is 10.1. The lowest BCUT2D eigenvalue weighted by Gasteiger charge is -2.03. The number of nitrogens with one attached hydrogen (secondary N) is 1. The van der Waals surface area contributed by atoms with E-state index in [1.165, 1.54) is 19.1 Å². The normalized spacial score (nSPS) is 9.71. The summed E-state index contributed by atoms with van der Waals surface area (Å²) < 4.78 is 0. The van der Waals surface area contributed by atoms with Crippen LogP contribution in [0.15, 0.2) is 24.3 Å². The summed E-state index contributed by atoms with van der Waals surface area (Å²) in [4.78, 5) is 32.8. The number of ketones is 1. The SMILES string of the molecule is CC(=O)c1ccc(C(=O)NCCC(=O)O)cc1. The third kappa shape index (κ3) is 4.06. The maximum absolute atomic E-state index is 11.5. The zero-order valence-corrected chi connectivity index (χ0v) is 9.40. The average Bonchev–Trinajstić information content (AvgIpc) is 2.28. The van der Waals surface area contributed by atoms with Crippen molar-refractivity contribution in [3.63, 3.8) is 0 Å². The van der Waals surface area contributed by atoms with E-state index in [1.54, 1.807) is 12.1 Å². The van der Waals surface area contributed by atoms with Gasteiger partial charge in [0.25, 0.3) is 5.91 Å². The van der Waals surface area contributed by atoms with Gasteiger partial charge in [0.2, 0.25) is 0 Å². The lowest BCUT2D eigenvalue weighted by Crippen LogP contribution is -2.25. The molecule has 1 rings (SSSR count). The first-order valence-corrected chi connectivity index (χ1v) is 5.11. The van der Waals surface area contributed by atoms with Gasteiger partial charge < -0.3 is 10.4 Å². The van der Waals surface area contributed by atoms with Crippen LogP contribution in [0.1, 0.15) is 34.1 Å². The Balaban J connectivity index is 2.57. The van der Waals surface area contributed by atoms with E-state index in [-0.39, 0.29) is 24.7 Å². The fourth-order valence-corrected chi connectivity index (χ4v) is 1.24. The lowest BCUT2D eigenvalue weighted by molar-refractivity contribution is -0.136. The average molecular weight is 235 g/mol. The van der Waals surface area contributed by atoms with Crippen molar-refractivity contribution in [2.45, 2.75) is 13.3 Å². The van der Waals surface area contributed by atoms with Crippen LogP contribution in [0.25, 0.3) is 0 Å². The standard InChI is InChI=1S/C12H13NO4/c1-8(14)9-2-4-10(5-3-9)12(17)13-7-6-11(15)16/h2-5H,6-7H2,1H3,(H,13,17)(H,15,16). The zero-order chi connectivity index (χ0) is 12.8. The summed E-state index contributed by atoms with van der Waals surface area (Å²) in [5, 5.41) is 10.9. The van der Waals surface area contributed by atoms with Gasteiger partial charge in [-0.3, -0.25) is 14.4 Å². The van der Waals surface area contributed by atoms with Gasteiger partial charge in [0.05, 0.1) is 6.42 Å². The molecule has 1 aromatic rings. The molecule has 0 aliphatic carbocycles. The van der Waals surface area contributed by atoms with E-state index >= 15 is 0 Å². The van der Waals surface area contributed by atoms with E-state index in [4.69, 9.17) is 5.11 Å². The molecule has 0 spiro atoms. The van der Waals surface area contributed by atoms with Crippen LogP contribution >= 0.6 is 0 Å². The fourth-order valence-electron chi connectivity index (χ4n) is 1.24. The Bertz CT molecular complexity index is 436. The molecule has 0 aliphatic rings. The van der Waals surface area contributed by atoms with Gasteiger partial charge in [-0.25, -0.2) is 0 Å². The molecule has 0 saturated carbocycles. The van der Waals surface area contributed by atoms with Crippen LogP contribution in [0.4, 0.5) is 0 Å². The van der Waals surface area contributed by atoms with Gasteiger partial charge in [-0.05, 0) is 19.1 Å². The molecule has 0 atom stereocenters. The summed E-state index contributed by atoms with van der Waals surface area (Å²) in [7, 11) is 0. The first-order chi connectivity index (χ1) is 8.00. The van der Waals surface area contributed by atoms with Gasteiger partial charge in [0, 0.05) is 17.7 Å². The monoisotopic (exact) mass is 235 g/mol. The minimum absolute atomic E-state index is 0.0668. The van der Waals surface area contributed by atoms with Gasteiger partial charge in [0.15, 0.2) is 5.78 Å². The van der Waals surface area contributed by atoms with Crippen molar-refractivity contribution in [3.8, 4) is 0 Å². The van der Waals surface area contributed by atoms with Crippen molar-refractivity contribution in [2.24, 2.45) is 0 Å². The van der Waals surface area contributed by atoms with Crippen molar-refractivity contribution in [1.82, 2.24) is 5.32 Å². The second-order valence-corrected chi connectivity index (χ2v) is 3.53. The molecular formula is C12H13NO4. The van der Waals surface area contributed by atoms with Crippen molar-refractivity contribution >= 4 is 17.7 Å². The Morgan fingerprint density at radius 2 is 1.65 bits per heavy atom. The number of carboxylic acid groups (broad SMARTS) is 1. The minimum atomic E-state index is -0.961. The van der Waals surface area contributed by atoms with E-state index in [2.05, 4.69) is 5.32 Å². The van der Waals surface area contributed by atoms with Crippen LogP contribution in [0.2, 0.25) is 0 Å². The molecule has 0 heterocycles. The molecule has 0 radical (unpaired) electrons. The van der Waals surface area contributed by atoms with Gasteiger partial charge >= 0.3 is 5.97 Å². The summed E-state index contributed by atoms with van der Waals surface area (Å²) >= 11 is 0. The Hall–Kier alpha value is -2.17. The van der Waals surface area contributed by atoms with Gasteiger partial charge in [-0.1, -0.05) is 12.1 Å². The molecular weight excluding hydrogens is 222 g/mol. The number of carboxylic acids is 1. The maximum atomic E-state index is 11.5. The van der Waals surface area contributed by atoms with E-state index in [9.17, 15) is 14.4 Å². The van der Waals surface area contributed by atoms with E-state index in [1.807, 2.05) is 0 Å². The highest BCUT2D eigenvalue weighted by Gasteiger charge is 2.06. The number of hydrogen-bond acceptors (Lipinski definition) is 3. The number of carbonyl (C=O) groups excluding carboxylic acids is 2. The van der Waals surface area contributed by atoms with Gasteiger partial charge in [-0.2, -0.15) is 0 Å². The molecule has 1 aromatic carbocycles. The predicted octanol–water partition coefficient (Wildman–Crippen LogP) is 1.09. The molecule has 0 fully saturated rings. The Kier molecular flexibility index (Phi) is 4.39. The minimum Gasteiger partial charge on any atom is -0.481 e. The molecule has 0 bridgehead atoms. The third-order valence-electron chi connectivity index (χ3n) is 2.18. The molecule has 5 nitrogen and oxygen atoms in total. The number of benzene rings is 1. The summed E-state index contributed by atoms with van der Waals surface area (Å²) in [6.07, 6.45) is -0.114. The topological polar surface area (TPSA) is 83.5 Å². The molecule has 0 aliphatic heterocycles. The largest absolute Gasteiger partial charge is 0.481 e. The molecule has 0 saturated heterocycles. The number of Topliss-reactive ketones (excluding diaryl/α,β-unsaturated/α-hetero) is 1. The van der Waals surface area contributed by atoms with Crippen molar-refractivity contribution in [3.05, 3.63) is 35.4 Å². The van der Waals surface area contributed by atoms with E-state index < -0.39 is 5.97 Å². The Labute approximate surface area is 98.4 Å². The summed E-state index contributed by atoms with van der Waals surface area (Å²) in [5.41, 5.74) is 0.937. The highest BCUT2D eigenvalue weighted by molar-refractivity contribution is 5.97. The molecule has 0 aromatic heterocycles. The number of carbonyl (C=O) groups is 3. The Morgan fingerprint density at radius 3 is 2.12 bits per heavy atom. The molecule has 1 amide bonds. The molecule has 90 valence electrons. The highest BCUT2D eigenvalue weighted by Crippen LogP contribution is 2.05. The highest BCUT2D eigenvalue weighted by atomic mass is 16.4. The fraction of sp³-hybridized carbons (Fsp3) is 0.250. The van der Waals surface area contributed by atoms with Crippen molar-refractivity contribution in [1.29, 1.82) is 0 Å². The van der Waals surface area contributed by atoms with Crippen LogP contribution in [0.3, 0.4) is 0 Å². The van der Waals surface area contributed by atoms with Gasteiger partial charge in [0.1, 0.15) is 0 Å². The van der Waals surface area contributed by atoms with Crippen LogP contribution in [-0.2, 0) is 4.79 Å². The summed E-state index contributed by atoms with van der Waals surface area (Å²) in [6.45, 7) is 1.53. The molecule has 5 heteroatoms. The molecule has 17 heavy (non-hydrogen) atoms. The zero-order valence-electron chi connectivity index (χ0n) is 9.40. The second-order valence-electron chi connectivity index (χ2n) is 3.53.